The molecule has 3 heterocycles. The van der Waals surface area contributed by atoms with Gasteiger partial charge < -0.3 is 10.0 Å². The molecule has 124 valence electrons. The molecule has 2 aromatic heterocycles. The van der Waals surface area contributed by atoms with Crippen molar-refractivity contribution in [2.24, 2.45) is 13.0 Å². The Morgan fingerprint density at radius 3 is 2.87 bits per heavy atom. The first kappa shape index (κ1) is 15.9. The summed E-state index contributed by atoms with van der Waals surface area (Å²) in [6.45, 7) is 6.96. The van der Waals surface area contributed by atoms with E-state index in [0.29, 0.717) is 12.1 Å². The molecule has 2 aromatic rings. The second-order valence-electron chi connectivity index (χ2n) is 6.61. The van der Waals surface area contributed by atoms with Crippen LogP contribution in [-0.4, -0.2) is 49.9 Å². The van der Waals surface area contributed by atoms with E-state index in [9.17, 15) is 9.90 Å². The van der Waals surface area contributed by atoms with E-state index in [1.165, 1.54) is 0 Å². The van der Waals surface area contributed by atoms with E-state index >= 15 is 0 Å². The van der Waals surface area contributed by atoms with Gasteiger partial charge in [0, 0.05) is 31.7 Å². The molecule has 23 heavy (non-hydrogen) atoms. The van der Waals surface area contributed by atoms with Crippen LogP contribution in [0.2, 0.25) is 0 Å². The van der Waals surface area contributed by atoms with Gasteiger partial charge in [0.1, 0.15) is 0 Å². The molecule has 0 aliphatic carbocycles. The number of aliphatic hydroxyl groups excluding tert-OH is 1. The van der Waals surface area contributed by atoms with Gasteiger partial charge in [0.15, 0.2) is 5.65 Å². The lowest BCUT2D eigenvalue weighted by Crippen LogP contribution is -2.43. The number of hydrogen-bond acceptors (Lipinski definition) is 4. The molecule has 1 saturated heterocycles. The van der Waals surface area contributed by atoms with Crippen LogP contribution in [-0.2, 0) is 7.05 Å². The maximum Gasteiger partial charge on any atom is 0.254 e. The van der Waals surface area contributed by atoms with Gasteiger partial charge in [0.25, 0.3) is 5.91 Å². The van der Waals surface area contributed by atoms with E-state index in [4.69, 9.17) is 0 Å². The van der Waals surface area contributed by atoms with E-state index in [2.05, 4.69) is 10.1 Å². The van der Waals surface area contributed by atoms with Crippen LogP contribution in [0.5, 0.6) is 0 Å². The number of aromatic nitrogens is 3. The van der Waals surface area contributed by atoms with Crippen LogP contribution in [0.4, 0.5) is 0 Å². The molecule has 1 N–H and O–H groups in total. The van der Waals surface area contributed by atoms with Crippen LogP contribution >= 0.6 is 0 Å². The number of amides is 1. The molecule has 2 unspecified atom stereocenters. The van der Waals surface area contributed by atoms with Crippen molar-refractivity contribution in [1.29, 1.82) is 0 Å². The fourth-order valence-corrected chi connectivity index (χ4v) is 3.50. The van der Waals surface area contributed by atoms with Gasteiger partial charge in [-0.1, -0.05) is 0 Å². The first-order valence-corrected chi connectivity index (χ1v) is 8.16. The van der Waals surface area contributed by atoms with Gasteiger partial charge in [-0.2, -0.15) is 5.10 Å². The van der Waals surface area contributed by atoms with Crippen LogP contribution in [0.15, 0.2) is 6.07 Å². The summed E-state index contributed by atoms with van der Waals surface area (Å²) < 4.78 is 1.73. The number of pyridine rings is 1. The van der Waals surface area contributed by atoms with Gasteiger partial charge in [0.2, 0.25) is 0 Å². The molecule has 6 heteroatoms. The Morgan fingerprint density at radius 1 is 1.43 bits per heavy atom. The second kappa shape index (κ2) is 5.92. The first-order valence-electron chi connectivity index (χ1n) is 8.16. The van der Waals surface area contributed by atoms with Gasteiger partial charge in [-0.15, -0.1) is 0 Å². The summed E-state index contributed by atoms with van der Waals surface area (Å²) in [4.78, 5) is 19.5. The van der Waals surface area contributed by atoms with E-state index in [1.807, 2.05) is 31.9 Å². The molecular formula is C17H24N4O2. The Hall–Kier alpha value is -1.95. The minimum atomic E-state index is -0.384. The van der Waals surface area contributed by atoms with Gasteiger partial charge >= 0.3 is 0 Å². The smallest absolute Gasteiger partial charge is 0.254 e. The standard InChI is InChI=1S/C17H24N4O2/c1-10-8-14(15-11(2)19-20(4)16(15)18-10)17(23)21-7-5-6-13(9-21)12(3)22/h8,12-13,22H,5-7,9H2,1-4H3. The second-order valence-corrected chi connectivity index (χ2v) is 6.61. The predicted octanol–water partition coefficient (Wildman–Crippen LogP) is 1.82. The SMILES string of the molecule is Cc1cc(C(=O)N2CCCC(C(C)O)C2)c2c(C)nn(C)c2n1. The highest BCUT2D eigenvalue weighted by Crippen LogP contribution is 2.26. The first-order chi connectivity index (χ1) is 10.9. The number of fused-ring (bicyclic) bond motifs is 1. The van der Waals surface area contributed by atoms with Crippen LogP contribution in [0.1, 0.15) is 41.5 Å². The Balaban J connectivity index is 2.01. The molecule has 1 aliphatic rings. The molecular weight excluding hydrogens is 292 g/mol. The summed E-state index contributed by atoms with van der Waals surface area (Å²) in [6.07, 6.45) is 1.52. The lowest BCUT2D eigenvalue weighted by atomic mass is 9.93. The predicted molar refractivity (Wildman–Crippen MR) is 88.3 cm³/mol. The Morgan fingerprint density at radius 2 is 2.17 bits per heavy atom. The van der Waals surface area contributed by atoms with Crippen molar-refractivity contribution in [1.82, 2.24) is 19.7 Å². The molecule has 0 bridgehead atoms. The van der Waals surface area contributed by atoms with E-state index in [0.717, 1.165) is 41.8 Å². The molecule has 1 fully saturated rings. The number of carbonyl (C=O) groups excluding carboxylic acids is 1. The topological polar surface area (TPSA) is 71.2 Å². The fraction of sp³-hybridized carbons (Fsp3) is 0.588. The van der Waals surface area contributed by atoms with Crippen LogP contribution in [0.3, 0.4) is 0 Å². The van der Waals surface area contributed by atoms with Crippen molar-refractivity contribution in [3.05, 3.63) is 23.0 Å². The highest BCUT2D eigenvalue weighted by atomic mass is 16.3. The average molecular weight is 316 g/mol. The molecule has 1 aliphatic heterocycles. The van der Waals surface area contributed by atoms with Crippen LogP contribution in [0.25, 0.3) is 11.0 Å². The highest BCUT2D eigenvalue weighted by Gasteiger charge is 2.29. The molecule has 0 radical (unpaired) electrons. The maximum absolute atomic E-state index is 13.1. The Labute approximate surface area is 136 Å². The van der Waals surface area contributed by atoms with Gasteiger partial charge in [-0.25, -0.2) is 4.98 Å². The summed E-state index contributed by atoms with van der Waals surface area (Å²) in [7, 11) is 1.85. The lowest BCUT2D eigenvalue weighted by Gasteiger charge is -2.34. The Bertz CT molecular complexity index is 751. The summed E-state index contributed by atoms with van der Waals surface area (Å²) in [5.74, 6) is 0.170. The van der Waals surface area contributed by atoms with E-state index < -0.39 is 0 Å². The van der Waals surface area contributed by atoms with Gasteiger partial charge in [-0.05, 0) is 39.7 Å². The Kier molecular flexibility index (Phi) is 4.10. The number of piperidine rings is 1. The number of carbonyl (C=O) groups is 1. The zero-order valence-electron chi connectivity index (χ0n) is 14.2. The fourth-order valence-electron chi connectivity index (χ4n) is 3.50. The number of likely N-dealkylation sites (tertiary alicyclic amines) is 1. The van der Waals surface area contributed by atoms with E-state index in [1.54, 1.807) is 11.6 Å². The van der Waals surface area contributed by atoms with Crippen molar-refractivity contribution in [3.8, 4) is 0 Å². The molecule has 6 nitrogen and oxygen atoms in total. The van der Waals surface area contributed by atoms with Crippen molar-refractivity contribution in [2.45, 2.75) is 39.7 Å². The molecule has 0 saturated carbocycles. The average Bonchev–Trinajstić information content (AvgIpc) is 2.80. The van der Waals surface area contributed by atoms with Crippen molar-refractivity contribution < 1.29 is 9.90 Å². The quantitative estimate of drug-likeness (QED) is 0.917. The maximum atomic E-state index is 13.1. The van der Waals surface area contributed by atoms with E-state index in [-0.39, 0.29) is 17.9 Å². The van der Waals surface area contributed by atoms with Gasteiger partial charge in [-0.3, -0.25) is 9.48 Å². The lowest BCUT2D eigenvalue weighted by molar-refractivity contribution is 0.0467. The largest absolute Gasteiger partial charge is 0.393 e. The third-order valence-corrected chi connectivity index (χ3v) is 4.75. The third kappa shape index (κ3) is 2.83. The number of hydrogen-bond donors (Lipinski definition) is 1. The number of aliphatic hydroxyl groups is 1. The summed E-state index contributed by atoms with van der Waals surface area (Å²) in [5, 5.41) is 15.1. The monoisotopic (exact) mass is 316 g/mol. The highest BCUT2D eigenvalue weighted by molar-refractivity contribution is 6.06. The van der Waals surface area contributed by atoms with Gasteiger partial charge in [0.05, 0.1) is 22.7 Å². The minimum Gasteiger partial charge on any atom is -0.393 e. The van der Waals surface area contributed by atoms with Crippen molar-refractivity contribution >= 4 is 16.9 Å². The normalized spacial score (nSPS) is 20.0. The zero-order chi connectivity index (χ0) is 16.7. The molecule has 0 spiro atoms. The summed E-state index contributed by atoms with van der Waals surface area (Å²) >= 11 is 0. The number of nitrogens with zero attached hydrogens (tertiary/aromatic N) is 4. The van der Waals surface area contributed by atoms with Crippen molar-refractivity contribution in [2.75, 3.05) is 13.1 Å². The molecule has 1 amide bonds. The minimum absolute atomic E-state index is 0.0157. The molecule has 2 atom stereocenters. The van der Waals surface area contributed by atoms with Crippen LogP contribution < -0.4 is 0 Å². The summed E-state index contributed by atoms with van der Waals surface area (Å²) in [6, 6.07) is 1.85. The molecule has 0 aromatic carbocycles. The summed E-state index contributed by atoms with van der Waals surface area (Å²) in [5.41, 5.74) is 3.05. The third-order valence-electron chi connectivity index (χ3n) is 4.75. The number of aryl methyl sites for hydroxylation is 3. The number of rotatable bonds is 2. The zero-order valence-corrected chi connectivity index (χ0v) is 14.2. The molecule has 3 rings (SSSR count). The van der Waals surface area contributed by atoms with Crippen molar-refractivity contribution in [3.63, 3.8) is 0 Å². The van der Waals surface area contributed by atoms with Crippen LogP contribution in [0, 0.1) is 19.8 Å².